The molecule has 2 saturated carbocycles. The molecule has 0 aromatic heterocycles. The first-order chi connectivity index (χ1) is 18.3. The first kappa shape index (κ1) is 34.4. The molecular weight excluding hydrogens is 502 g/mol. The van der Waals surface area contributed by atoms with Gasteiger partial charge in [0.05, 0.1) is 0 Å². The molecule has 0 saturated heterocycles. The highest BCUT2D eigenvalue weighted by Gasteiger charge is 2.37. The lowest BCUT2D eigenvalue weighted by Crippen LogP contribution is -2.35. The third-order valence-electron chi connectivity index (χ3n) is 9.66. The van der Waals surface area contributed by atoms with Gasteiger partial charge in [-0.2, -0.15) is 11.8 Å². The summed E-state index contributed by atoms with van der Waals surface area (Å²) in [6.45, 7) is 22.6. The molecule has 39 heavy (non-hydrogen) atoms. The Morgan fingerprint density at radius 3 is 1.79 bits per heavy atom. The summed E-state index contributed by atoms with van der Waals surface area (Å²) < 4.78 is 27.6. The molecule has 1 atom stereocenters. The first-order valence-electron chi connectivity index (χ1n) is 16.1. The van der Waals surface area contributed by atoms with Crippen LogP contribution in [-0.2, 0) is 0 Å². The Hall–Kier alpha value is -0.830. The predicted octanol–water partition coefficient (Wildman–Crippen LogP) is 12.4. The van der Waals surface area contributed by atoms with E-state index in [2.05, 4.69) is 60.2 Å². The summed E-state index contributed by atoms with van der Waals surface area (Å²) >= 11 is 2.34. The molecule has 1 aromatic carbocycles. The van der Waals surface area contributed by atoms with Gasteiger partial charge in [-0.25, -0.2) is 8.78 Å². The summed E-state index contributed by atoms with van der Waals surface area (Å²) in [6.07, 6.45) is 16.6. The molecule has 1 aromatic rings. The molecule has 4 rings (SSSR count). The summed E-state index contributed by atoms with van der Waals surface area (Å²) in [6, 6.07) is 3.34. The summed E-state index contributed by atoms with van der Waals surface area (Å²) in [7, 11) is 0. The van der Waals surface area contributed by atoms with Crippen LogP contribution in [-0.4, -0.2) is 10.00 Å². The van der Waals surface area contributed by atoms with Crippen molar-refractivity contribution in [2.45, 2.75) is 150 Å². The van der Waals surface area contributed by atoms with Crippen LogP contribution in [0, 0.1) is 47.6 Å². The van der Waals surface area contributed by atoms with Crippen LogP contribution in [0.2, 0.25) is 0 Å². The van der Waals surface area contributed by atoms with Crippen molar-refractivity contribution >= 4 is 17.3 Å². The molecular formula is C36H60F2S. The molecule has 0 aliphatic heterocycles. The fourth-order valence-corrected chi connectivity index (χ4v) is 8.43. The molecule has 1 unspecified atom stereocenters. The van der Waals surface area contributed by atoms with E-state index >= 15 is 0 Å². The maximum absolute atomic E-state index is 13.7. The monoisotopic (exact) mass is 562 g/mol. The van der Waals surface area contributed by atoms with Crippen molar-refractivity contribution in [2.24, 2.45) is 29.1 Å². The maximum atomic E-state index is 13.7. The Morgan fingerprint density at radius 1 is 0.718 bits per heavy atom. The van der Waals surface area contributed by atoms with E-state index in [0.29, 0.717) is 27.2 Å². The quantitative estimate of drug-likeness (QED) is 0.352. The second-order valence-corrected chi connectivity index (χ2v) is 16.1. The Bertz CT molecular complexity index is 893. The number of halogens is 2. The third kappa shape index (κ3) is 10.2. The van der Waals surface area contributed by atoms with Crippen molar-refractivity contribution in [3.05, 3.63) is 41.0 Å². The molecule has 3 aliphatic carbocycles. The van der Waals surface area contributed by atoms with Crippen LogP contribution in [0.5, 0.6) is 0 Å². The SMILES string of the molecule is CC.CC1CCC(C(C)(C)SC2CCC(C(C)(C)C)CC2)CC1.Cc1ccc(C2=CCC(C)CC2)c(F)c1F. The van der Waals surface area contributed by atoms with Gasteiger partial charge in [0.25, 0.3) is 0 Å². The molecule has 3 heteroatoms. The summed E-state index contributed by atoms with van der Waals surface area (Å²) in [5, 5.41) is 0.929. The van der Waals surface area contributed by atoms with E-state index < -0.39 is 11.6 Å². The molecule has 0 nitrogen and oxygen atoms in total. The van der Waals surface area contributed by atoms with Crippen LogP contribution in [0.1, 0.15) is 144 Å². The highest BCUT2D eigenvalue weighted by Crippen LogP contribution is 2.48. The molecule has 0 N–H and O–H groups in total. The maximum Gasteiger partial charge on any atom is 0.166 e. The Labute approximate surface area is 245 Å². The second kappa shape index (κ2) is 15.4. The lowest BCUT2D eigenvalue weighted by molar-refractivity contribution is 0.181. The van der Waals surface area contributed by atoms with Gasteiger partial charge in [-0.3, -0.25) is 0 Å². The van der Waals surface area contributed by atoms with E-state index in [-0.39, 0.29) is 0 Å². The molecule has 0 spiro atoms. The molecule has 3 aliphatic rings. The number of hydrogen-bond acceptors (Lipinski definition) is 1. The Balaban J connectivity index is 0.000000265. The zero-order valence-corrected chi connectivity index (χ0v) is 27.9. The van der Waals surface area contributed by atoms with Crippen molar-refractivity contribution in [2.75, 3.05) is 0 Å². The molecule has 0 amide bonds. The normalized spacial score (nSPS) is 27.9. The zero-order chi connectivity index (χ0) is 29.4. The van der Waals surface area contributed by atoms with Gasteiger partial charge in [-0.1, -0.05) is 93.4 Å². The van der Waals surface area contributed by atoms with Crippen LogP contribution >= 0.6 is 11.8 Å². The minimum atomic E-state index is -0.711. The van der Waals surface area contributed by atoms with Crippen molar-refractivity contribution in [3.8, 4) is 0 Å². The van der Waals surface area contributed by atoms with E-state index in [0.717, 1.165) is 47.8 Å². The largest absolute Gasteiger partial charge is 0.203 e. The van der Waals surface area contributed by atoms with Crippen LogP contribution in [0.15, 0.2) is 18.2 Å². The lowest BCUT2D eigenvalue weighted by atomic mass is 9.72. The van der Waals surface area contributed by atoms with Gasteiger partial charge in [0.2, 0.25) is 0 Å². The van der Waals surface area contributed by atoms with E-state index in [9.17, 15) is 8.78 Å². The minimum absolute atomic E-state index is 0.367. The molecule has 2 fully saturated rings. The minimum Gasteiger partial charge on any atom is -0.203 e. The van der Waals surface area contributed by atoms with Gasteiger partial charge in [0, 0.05) is 15.6 Å². The van der Waals surface area contributed by atoms with E-state index in [4.69, 9.17) is 0 Å². The van der Waals surface area contributed by atoms with Gasteiger partial charge in [0.15, 0.2) is 11.6 Å². The van der Waals surface area contributed by atoms with Gasteiger partial charge in [-0.15, -0.1) is 0 Å². The number of rotatable bonds is 4. The topological polar surface area (TPSA) is 0 Å². The van der Waals surface area contributed by atoms with Gasteiger partial charge >= 0.3 is 0 Å². The summed E-state index contributed by atoms with van der Waals surface area (Å²) in [4.78, 5) is 0. The van der Waals surface area contributed by atoms with Crippen molar-refractivity contribution in [3.63, 3.8) is 0 Å². The molecule has 224 valence electrons. The van der Waals surface area contributed by atoms with Gasteiger partial charge < -0.3 is 0 Å². The lowest BCUT2D eigenvalue weighted by Gasteiger charge is -2.43. The fraction of sp³-hybridized carbons (Fsp3) is 0.778. The highest BCUT2D eigenvalue weighted by molar-refractivity contribution is 8.01. The van der Waals surface area contributed by atoms with E-state index in [1.54, 1.807) is 19.1 Å². The number of benzene rings is 1. The average molecular weight is 563 g/mol. The van der Waals surface area contributed by atoms with Crippen molar-refractivity contribution < 1.29 is 8.78 Å². The van der Waals surface area contributed by atoms with Crippen LogP contribution < -0.4 is 0 Å². The van der Waals surface area contributed by atoms with Crippen molar-refractivity contribution in [1.82, 2.24) is 0 Å². The number of hydrogen-bond donors (Lipinski definition) is 0. The predicted molar refractivity (Wildman–Crippen MR) is 171 cm³/mol. The zero-order valence-electron chi connectivity index (χ0n) is 27.1. The molecule has 0 bridgehead atoms. The number of thioether (sulfide) groups is 1. The highest BCUT2D eigenvalue weighted by atomic mass is 32.2. The molecule has 0 radical (unpaired) electrons. The standard InChI is InChI=1S/C20H38S.C14H16F2.C2H6/c1-15-7-9-17(10-8-15)20(5,6)21-18-13-11-16(12-14-18)19(2,3)4;1-9-3-6-11(7-4-9)12-8-5-10(2)13(15)14(12)16;1-2/h15-18H,7-14H2,1-6H3;5-6,8-9H,3-4,7H2,1-2H3;1-2H3. The second-order valence-electron chi connectivity index (χ2n) is 14.2. The van der Waals surface area contributed by atoms with Crippen LogP contribution in [0.4, 0.5) is 8.78 Å². The summed E-state index contributed by atoms with van der Waals surface area (Å²) in [5.74, 6) is 2.14. The fourth-order valence-electron chi connectivity index (χ4n) is 6.63. The van der Waals surface area contributed by atoms with Gasteiger partial charge in [-0.05, 0) is 105 Å². The van der Waals surface area contributed by atoms with Crippen LogP contribution in [0.3, 0.4) is 0 Å². The van der Waals surface area contributed by atoms with E-state index in [1.165, 1.54) is 51.4 Å². The van der Waals surface area contributed by atoms with E-state index in [1.807, 2.05) is 19.9 Å². The van der Waals surface area contributed by atoms with Crippen molar-refractivity contribution in [1.29, 1.82) is 0 Å². The third-order valence-corrected chi connectivity index (χ3v) is 11.4. The van der Waals surface area contributed by atoms with Crippen LogP contribution in [0.25, 0.3) is 5.57 Å². The summed E-state index contributed by atoms with van der Waals surface area (Å²) in [5.41, 5.74) is 2.28. The Morgan fingerprint density at radius 2 is 1.28 bits per heavy atom. The Kier molecular flexibility index (Phi) is 13.6. The first-order valence-corrected chi connectivity index (χ1v) is 17.0. The molecule has 0 heterocycles. The number of aryl methyl sites for hydroxylation is 1. The smallest absolute Gasteiger partial charge is 0.166 e. The van der Waals surface area contributed by atoms with Gasteiger partial charge in [0.1, 0.15) is 0 Å². The number of allylic oxidation sites excluding steroid dienone is 2. The average Bonchev–Trinajstić information content (AvgIpc) is 2.89.